The maximum atomic E-state index is 12.8. The average molecular weight is 304 g/mol. The third-order valence-corrected chi connectivity index (χ3v) is 3.45. The van der Waals surface area contributed by atoms with Crippen molar-refractivity contribution in [2.24, 2.45) is 0 Å². The summed E-state index contributed by atoms with van der Waals surface area (Å²) in [5, 5.41) is 0. The van der Waals surface area contributed by atoms with Crippen molar-refractivity contribution in [2.75, 3.05) is 6.61 Å². The molecule has 0 bridgehead atoms. The number of cyclic esters (lactones) is 1. The molecule has 1 aliphatic heterocycles. The summed E-state index contributed by atoms with van der Waals surface area (Å²) in [6.45, 7) is 0.0639. The molecule has 2 aromatic carbocycles. The summed E-state index contributed by atoms with van der Waals surface area (Å²) in [6.07, 6.45) is -4.45. The zero-order valence-electron chi connectivity index (χ0n) is 11.4. The van der Waals surface area contributed by atoms with Gasteiger partial charge in [-0.1, -0.05) is 42.5 Å². The number of carbonyl (C=O) groups excluding carboxylic acids is 1. The van der Waals surface area contributed by atoms with Crippen LogP contribution in [-0.2, 0) is 15.7 Å². The van der Waals surface area contributed by atoms with E-state index in [1.54, 1.807) is 24.3 Å². The molecule has 2 aromatic rings. The summed E-state index contributed by atoms with van der Waals surface area (Å²) in [5.74, 6) is -0.599. The van der Waals surface area contributed by atoms with E-state index in [1.807, 2.05) is 6.07 Å². The quantitative estimate of drug-likeness (QED) is 0.778. The Bertz CT molecular complexity index is 746. The third-order valence-electron chi connectivity index (χ3n) is 3.45. The van der Waals surface area contributed by atoms with Crippen molar-refractivity contribution in [2.45, 2.75) is 6.18 Å². The molecule has 0 aliphatic carbocycles. The molecule has 0 radical (unpaired) electrons. The predicted octanol–water partition coefficient (Wildman–Crippen LogP) is 4.17. The van der Waals surface area contributed by atoms with Crippen LogP contribution >= 0.6 is 0 Å². The fourth-order valence-corrected chi connectivity index (χ4v) is 2.42. The molecule has 22 heavy (non-hydrogen) atoms. The SMILES string of the molecule is O=C1OCC(c2ccccc2)=C1c1cccc(C(F)(F)F)c1. The highest BCUT2D eigenvalue weighted by molar-refractivity contribution is 6.27. The minimum Gasteiger partial charge on any atom is -0.457 e. The number of alkyl halides is 3. The van der Waals surface area contributed by atoms with Crippen LogP contribution in [0.2, 0.25) is 0 Å². The molecule has 5 heteroatoms. The van der Waals surface area contributed by atoms with Crippen LogP contribution in [0.15, 0.2) is 54.6 Å². The highest BCUT2D eigenvalue weighted by Crippen LogP contribution is 2.36. The Morgan fingerprint density at radius 1 is 0.909 bits per heavy atom. The smallest absolute Gasteiger partial charge is 0.416 e. The van der Waals surface area contributed by atoms with E-state index in [-0.39, 0.29) is 17.7 Å². The van der Waals surface area contributed by atoms with Gasteiger partial charge >= 0.3 is 12.1 Å². The van der Waals surface area contributed by atoms with Gasteiger partial charge < -0.3 is 4.74 Å². The molecule has 112 valence electrons. The van der Waals surface area contributed by atoms with Gasteiger partial charge in [-0.3, -0.25) is 0 Å². The standard InChI is InChI=1S/C17H11F3O2/c18-17(19,20)13-8-4-7-12(9-13)15-14(10-22-16(15)21)11-5-2-1-3-6-11/h1-9H,10H2. The fraction of sp³-hybridized carbons (Fsp3) is 0.118. The number of hydrogen-bond acceptors (Lipinski definition) is 2. The molecule has 0 unspecified atom stereocenters. The Morgan fingerprint density at radius 2 is 1.59 bits per heavy atom. The molecule has 0 amide bonds. The first-order valence-corrected chi connectivity index (χ1v) is 6.60. The van der Waals surface area contributed by atoms with Crippen LogP contribution in [-0.4, -0.2) is 12.6 Å². The second kappa shape index (κ2) is 5.33. The number of carbonyl (C=O) groups is 1. The summed E-state index contributed by atoms with van der Waals surface area (Å²) in [5.41, 5.74) is 0.990. The lowest BCUT2D eigenvalue weighted by atomic mass is 9.95. The number of rotatable bonds is 2. The van der Waals surface area contributed by atoms with E-state index in [0.29, 0.717) is 5.57 Å². The summed E-state index contributed by atoms with van der Waals surface area (Å²) in [4.78, 5) is 12.0. The molecule has 2 nitrogen and oxygen atoms in total. The lowest BCUT2D eigenvalue weighted by molar-refractivity contribution is -0.138. The van der Waals surface area contributed by atoms with E-state index in [4.69, 9.17) is 4.74 Å². The van der Waals surface area contributed by atoms with Crippen molar-refractivity contribution in [1.29, 1.82) is 0 Å². The zero-order valence-corrected chi connectivity index (χ0v) is 11.4. The molecule has 0 fully saturated rings. The molecule has 1 aliphatic rings. The number of benzene rings is 2. The number of esters is 1. The van der Waals surface area contributed by atoms with Crippen molar-refractivity contribution in [3.8, 4) is 0 Å². The summed E-state index contributed by atoms with van der Waals surface area (Å²) < 4.78 is 43.5. The molecule has 0 spiro atoms. The Labute approximate surface area is 124 Å². The van der Waals surface area contributed by atoms with Gasteiger partial charge in [-0.05, 0) is 23.3 Å². The van der Waals surface area contributed by atoms with E-state index < -0.39 is 17.7 Å². The first kappa shape index (κ1) is 14.4. The van der Waals surface area contributed by atoms with Crippen LogP contribution in [0.25, 0.3) is 11.1 Å². The topological polar surface area (TPSA) is 26.3 Å². The number of ether oxygens (including phenoxy) is 1. The van der Waals surface area contributed by atoms with Gasteiger partial charge in [0.1, 0.15) is 6.61 Å². The first-order valence-electron chi connectivity index (χ1n) is 6.60. The van der Waals surface area contributed by atoms with Crippen LogP contribution in [0, 0.1) is 0 Å². The molecule has 0 N–H and O–H groups in total. The highest BCUT2D eigenvalue weighted by Gasteiger charge is 2.33. The zero-order chi connectivity index (χ0) is 15.7. The Hall–Kier alpha value is -2.56. The second-order valence-corrected chi connectivity index (χ2v) is 4.87. The highest BCUT2D eigenvalue weighted by atomic mass is 19.4. The monoisotopic (exact) mass is 304 g/mol. The van der Waals surface area contributed by atoms with E-state index in [9.17, 15) is 18.0 Å². The summed E-state index contributed by atoms with van der Waals surface area (Å²) in [6, 6.07) is 13.8. The average Bonchev–Trinajstić information content (AvgIpc) is 2.89. The lowest BCUT2D eigenvalue weighted by Gasteiger charge is -2.09. The normalized spacial score (nSPS) is 15.1. The van der Waals surface area contributed by atoms with Crippen LogP contribution in [0.4, 0.5) is 13.2 Å². The van der Waals surface area contributed by atoms with Crippen molar-refractivity contribution in [1.82, 2.24) is 0 Å². The Morgan fingerprint density at radius 3 is 2.27 bits per heavy atom. The van der Waals surface area contributed by atoms with Crippen LogP contribution in [0.1, 0.15) is 16.7 Å². The van der Waals surface area contributed by atoms with Gasteiger partial charge in [-0.15, -0.1) is 0 Å². The van der Waals surface area contributed by atoms with E-state index in [0.717, 1.165) is 17.7 Å². The molecule has 3 rings (SSSR count). The van der Waals surface area contributed by atoms with Crippen molar-refractivity contribution in [3.05, 3.63) is 71.3 Å². The predicted molar refractivity (Wildman–Crippen MR) is 75.7 cm³/mol. The third kappa shape index (κ3) is 2.62. The van der Waals surface area contributed by atoms with Gasteiger partial charge in [0.25, 0.3) is 0 Å². The molecular weight excluding hydrogens is 293 g/mol. The minimum absolute atomic E-state index is 0.0639. The summed E-state index contributed by atoms with van der Waals surface area (Å²) >= 11 is 0. The van der Waals surface area contributed by atoms with Gasteiger partial charge in [-0.25, -0.2) is 4.79 Å². The molecule has 0 aromatic heterocycles. The molecule has 1 heterocycles. The van der Waals surface area contributed by atoms with Crippen molar-refractivity contribution >= 4 is 17.1 Å². The Kier molecular flexibility index (Phi) is 3.48. The van der Waals surface area contributed by atoms with Gasteiger partial charge in [-0.2, -0.15) is 13.2 Å². The van der Waals surface area contributed by atoms with Crippen molar-refractivity contribution < 1.29 is 22.7 Å². The molecule has 0 atom stereocenters. The van der Waals surface area contributed by atoms with E-state index >= 15 is 0 Å². The minimum atomic E-state index is -4.45. The largest absolute Gasteiger partial charge is 0.457 e. The van der Waals surface area contributed by atoms with Crippen molar-refractivity contribution in [3.63, 3.8) is 0 Å². The molecular formula is C17H11F3O2. The summed E-state index contributed by atoms with van der Waals surface area (Å²) in [7, 11) is 0. The second-order valence-electron chi connectivity index (χ2n) is 4.87. The number of halogens is 3. The van der Waals surface area contributed by atoms with Gasteiger partial charge in [0, 0.05) is 5.57 Å². The lowest BCUT2D eigenvalue weighted by Crippen LogP contribution is -2.06. The van der Waals surface area contributed by atoms with Gasteiger partial charge in [0.05, 0.1) is 11.1 Å². The van der Waals surface area contributed by atoms with Gasteiger partial charge in [0.15, 0.2) is 0 Å². The van der Waals surface area contributed by atoms with Crippen LogP contribution < -0.4 is 0 Å². The Balaban J connectivity index is 2.14. The van der Waals surface area contributed by atoms with E-state index in [2.05, 4.69) is 0 Å². The maximum Gasteiger partial charge on any atom is 0.416 e. The first-order chi connectivity index (χ1) is 10.5. The molecule has 0 saturated heterocycles. The molecule has 0 saturated carbocycles. The number of hydrogen-bond donors (Lipinski definition) is 0. The fourth-order valence-electron chi connectivity index (χ4n) is 2.42. The van der Waals surface area contributed by atoms with Crippen LogP contribution in [0.3, 0.4) is 0 Å². The van der Waals surface area contributed by atoms with E-state index in [1.165, 1.54) is 12.1 Å². The van der Waals surface area contributed by atoms with Crippen LogP contribution in [0.5, 0.6) is 0 Å². The maximum absolute atomic E-state index is 12.8. The van der Waals surface area contributed by atoms with Gasteiger partial charge in [0.2, 0.25) is 0 Å².